The monoisotopic (exact) mass is 387 g/mol. The van der Waals surface area contributed by atoms with Crippen LogP contribution in [-0.2, 0) is 0 Å². The Balaban J connectivity index is 1.49. The molecule has 0 radical (unpaired) electrons. The van der Waals surface area contributed by atoms with Gasteiger partial charge in [-0.25, -0.2) is 0 Å². The van der Waals surface area contributed by atoms with Gasteiger partial charge in [0.2, 0.25) is 5.88 Å². The first-order chi connectivity index (χ1) is 14.3. The van der Waals surface area contributed by atoms with Gasteiger partial charge in [0.05, 0.1) is 12.6 Å². The third-order valence-electron chi connectivity index (χ3n) is 7.08. The van der Waals surface area contributed by atoms with Crippen molar-refractivity contribution in [3.8, 4) is 11.5 Å². The van der Waals surface area contributed by atoms with Crippen LogP contribution in [0, 0.1) is 23.7 Å². The lowest BCUT2D eigenvalue weighted by atomic mass is 9.54. The number of nitrogens with zero attached hydrogens (tertiary/aromatic N) is 3. The van der Waals surface area contributed by atoms with E-state index in [1.807, 2.05) is 47.1 Å². The van der Waals surface area contributed by atoms with Crippen LogP contribution < -0.4 is 9.47 Å². The van der Waals surface area contributed by atoms with Crippen LogP contribution in [0.3, 0.4) is 0 Å². The van der Waals surface area contributed by atoms with Gasteiger partial charge in [-0.3, -0.25) is 0 Å². The van der Waals surface area contributed by atoms with Gasteiger partial charge in [0, 0.05) is 0 Å². The number of para-hydroxylation sites is 1. The molecule has 0 atom stereocenters. The number of hydrogen-bond donors (Lipinski definition) is 0. The van der Waals surface area contributed by atoms with Crippen LogP contribution in [0.5, 0.6) is 11.5 Å². The third-order valence-corrected chi connectivity index (χ3v) is 7.08. The van der Waals surface area contributed by atoms with Crippen LogP contribution in [-0.4, -0.2) is 22.1 Å². The van der Waals surface area contributed by atoms with Gasteiger partial charge >= 0.3 is 0 Å². The van der Waals surface area contributed by atoms with Gasteiger partial charge in [-0.15, -0.1) is 5.10 Å². The highest BCUT2D eigenvalue weighted by molar-refractivity contribution is 5.77. The lowest BCUT2D eigenvalue weighted by Crippen LogP contribution is -2.41. The fourth-order valence-corrected chi connectivity index (χ4v) is 6.04. The van der Waals surface area contributed by atoms with Crippen LogP contribution in [0.2, 0.25) is 0 Å². The van der Waals surface area contributed by atoms with E-state index in [0.29, 0.717) is 11.8 Å². The van der Waals surface area contributed by atoms with E-state index >= 15 is 0 Å². The molecule has 5 heteroatoms. The maximum absolute atomic E-state index is 6.58. The van der Waals surface area contributed by atoms with Crippen LogP contribution >= 0.6 is 0 Å². The molecule has 0 spiro atoms. The average Bonchev–Trinajstić information content (AvgIpc) is 3.17. The summed E-state index contributed by atoms with van der Waals surface area (Å²) < 4.78 is 13.8. The Morgan fingerprint density at radius 1 is 0.862 bits per heavy atom. The molecule has 4 aliphatic carbocycles. The number of rotatable bonds is 4. The molecule has 29 heavy (non-hydrogen) atoms. The van der Waals surface area contributed by atoms with E-state index in [4.69, 9.17) is 9.47 Å². The van der Waals surface area contributed by atoms with E-state index < -0.39 is 0 Å². The highest BCUT2D eigenvalue weighted by Gasteiger charge is 2.47. The number of benzene rings is 2. The molecule has 148 valence electrons. The first kappa shape index (κ1) is 17.1. The zero-order chi connectivity index (χ0) is 19.4. The van der Waals surface area contributed by atoms with E-state index in [2.05, 4.69) is 16.4 Å². The number of methoxy groups -OCH3 is 1. The number of ether oxygens (including phenoxy) is 2. The number of fused-ring (bicyclic) bond motifs is 1. The topological polar surface area (TPSA) is 49.2 Å². The van der Waals surface area contributed by atoms with Crippen LogP contribution in [0.1, 0.15) is 32.1 Å². The molecular weight excluding hydrogens is 362 g/mol. The molecule has 4 fully saturated rings. The van der Waals surface area contributed by atoms with Gasteiger partial charge in [0.25, 0.3) is 0 Å². The van der Waals surface area contributed by atoms with Crippen molar-refractivity contribution in [2.75, 3.05) is 7.11 Å². The summed E-state index contributed by atoms with van der Waals surface area (Å²) in [6.45, 7) is 0. The molecule has 1 heterocycles. The minimum absolute atomic E-state index is 0.613. The first-order valence-electron chi connectivity index (χ1n) is 10.6. The van der Waals surface area contributed by atoms with Gasteiger partial charge in [-0.2, -0.15) is 4.68 Å². The van der Waals surface area contributed by atoms with E-state index in [0.717, 1.165) is 40.3 Å². The van der Waals surface area contributed by atoms with Crippen molar-refractivity contribution >= 4 is 16.9 Å². The first-order valence-corrected chi connectivity index (χ1v) is 10.6. The second-order valence-corrected chi connectivity index (χ2v) is 8.83. The van der Waals surface area contributed by atoms with Gasteiger partial charge in [-0.05, 0) is 97.7 Å². The molecule has 0 unspecified atom stereocenters. The summed E-state index contributed by atoms with van der Waals surface area (Å²) >= 11 is 0. The average molecular weight is 387 g/mol. The molecule has 2 aromatic carbocycles. The van der Waals surface area contributed by atoms with Crippen molar-refractivity contribution in [1.82, 2.24) is 15.0 Å². The number of hydrogen-bond acceptors (Lipinski definition) is 4. The van der Waals surface area contributed by atoms with Crippen molar-refractivity contribution in [3.05, 3.63) is 54.1 Å². The SMILES string of the molecule is COc1ccc(OC(=C2C3CC4CC(C3)CC2C4)n2nnc3ccccc32)cc1. The third kappa shape index (κ3) is 2.83. The quantitative estimate of drug-likeness (QED) is 0.582. The van der Waals surface area contributed by atoms with Crippen molar-refractivity contribution in [1.29, 1.82) is 0 Å². The van der Waals surface area contributed by atoms with Crippen molar-refractivity contribution in [2.45, 2.75) is 32.1 Å². The van der Waals surface area contributed by atoms with Crippen LogP contribution in [0.25, 0.3) is 16.9 Å². The molecule has 3 aromatic rings. The summed E-state index contributed by atoms with van der Waals surface area (Å²) in [5, 5.41) is 8.92. The predicted octanol–water partition coefficient (Wildman–Crippen LogP) is 5.14. The molecule has 4 saturated carbocycles. The molecule has 4 bridgehead atoms. The highest BCUT2D eigenvalue weighted by Crippen LogP contribution is 2.57. The lowest BCUT2D eigenvalue weighted by Gasteiger charge is -2.51. The minimum atomic E-state index is 0.613. The van der Waals surface area contributed by atoms with Crippen molar-refractivity contribution < 1.29 is 9.47 Å². The fourth-order valence-electron chi connectivity index (χ4n) is 6.04. The van der Waals surface area contributed by atoms with E-state index in [1.54, 1.807) is 7.11 Å². The molecule has 0 saturated heterocycles. The van der Waals surface area contributed by atoms with Crippen LogP contribution in [0.15, 0.2) is 54.1 Å². The van der Waals surface area contributed by atoms with Gasteiger partial charge in [-0.1, -0.05) is 17.3 Å². The Hall–Kier alpha value is -2.82. The maximum atomic E-state index is 6.58. The summed E-state index contributed by atoms with van der Waals surface area (Å²) in [6, 6.07) is 15.9. The number of allylic oxidation sites excluding steroid dienone is 1. The maximum Gasteiger partial charge on any atom is 0.222 e. The zero-order valence-electron chi connectivity index (χ0n) is 16.6. The summed E-state index contributed by atoms with van der Waals surface area (Å²) in [7, 11) is 1.68. The Morgan fingerprint density at radius 3 is 2.21 bits per heavy atom. The number of aromatic nitrogens is 3. The summed E-state index contributed by atoms with van der Waals surface area (Å²) in [5.74, 6) is 5.53. The van der Waals surface area contributed by atoms with E-state index in [9.17, 15) is 0 Å². The zero-order valence-corrected chi connectivity index (χ0v) is 16.6. The summed E-state index contributed by atoms with van der Waals surface area (Å²) in [5.41, 5.74) is 3.36. The Morgan fingerprint density at radius 2 is 1.52 bits per heavy atom. The predicted molar refractivity (Wildman–Crippen MR) is 111 cm³/mol. The molecule has 5 nitrogen and oxygen atoms in total. The Kier molecular flexibility index (Phi) is 3.89. The standard InChI is InChI=1S/C24H25N3O2/c1-28-19-6-8-20(9-7-19)29-24(27-22-5-3-2-4-21(22)25-26-27)23-17-11-15-10-16(13-17)14-18(23)12-15/h2-9,15-18H,10-14H2,1H3. The minimum Gasteiger partial charge on any atom is -0.497 e. The largest absolute Gasteiger partial charge is 0.497 e. The molecule has 0 amide bonds. The Bertz CT molecular complexity index is 1050. The fraction of sp³-hybridized carbons (Fsp3) is 0.417. The smallest absolute Gasteiger partial charge is 0.222 e. The molecule has 1 aromatic heterocycles. The highest BCUT2D eigenvalue weighted by atomic mass is 16.5. The Labute approximate surface area is 170 Å². The summed E-state index contributed by atoms with van der Waals surface area (Å²) in [6.07, 6.45) is 6.62. The molecule has 0 N–H and O–H groups in total. The van der Waals surface area contributed by atoms with E-state index in [-0.39, 0.29) is 0 Å². The lowest BCUT2D eigenvalue weighted by molar-refractivity contribution is 0.0676. The van der Waals surface area contributed by atoms with E-state index in [1.165, 1.54) is 37.7 Å². The van der Waals surface area contributed by atoms with Crippen LogP contribution in [0.4, 0.5) is 0 Å². The summed E-state index contributed by atoms with van der Waals surface area (Å²) in [4.78, 5) is 0. The van der Waals surface area contributed by atoms with Gasteiger partial charge in [0.15, 0.2) is 0 Å². The second-order valence-electron chi connectivity index (χ2n) is 8.83. The van der Waals surface area contributed by atoms with Crippen molar-refractivity contribution in [3.63, 3.8) is 0 Å². The molecule has 7 rings (SSSR count). The molecular formula is C24H25N3O2. The van der Waals surface area contributed by atoms with Crippen molar-refractivity contribution in [2.24, 2.45) is 23.7 Å². The second kappa shape index (κ2) is 6.61. The normalized spacial score (nSPS) is 27.4. The van der Waals surface area contributed by atoms with Gasteiger partial charge < -0.3 is 9.47 Å². The van der Waals surface area contributed by atoms with Gasteiger partial charge in [0.1, 0.15) is 17.0 Å². The molecule has 4 aliphatic rings. The molecule has 0 aliphatic heterocycles.